The summed E-state index contributed by atoms with van der Waals surface area (Å²) in [5.41, 5.74) is 3.25. The van der Waals surface area contributed by atoms with Gasteiger partial charge in [-0.2, -0.15) is 0 Å². The topological polar surface area (TPSA) is 203 Å². The zero-order valence-corrected chi connectivity index (χ0v) is 19.3. The first-order valence-corrected chi connectivity index (χ1v) is 10.9. The molecule has 0 saturated carbocycles. The fourth-order valence-electron chi connectivity index (χ4n) is 3.08. The third-order valence-electron chi connectivity index (χ3n) is 4.90. The van der Waals surface area contributed by atoms with Gasteiger partial charge in [0.25, 0.3) is 5.91 Å². The van der Waals surface area contributed by atoms with Crippen LogP contribution >= 0.6 is 23.2 Å². The van der Waals surface area contributed by atoms with Gasteiger partial charge >= 0.3 is 12.1 Å². The van der Waals surface area contributed by atoms with Gasteiger partial charge in [0.2, 0.25) is 5.91 Å². The maximum absolute atomic E-state index is 12.2. The van der Waals surface area contributed by atoms with Gasteiger partial charge in [-0.15, -0.1) is 0 Å². The summed E-state index contributed by atoms with van der Waals surface area (Å²) in [6.45, 7) is 1.69. The number of phenols is 2. The Hall–Kier alpha value is -2.81. The zero-order valence-electron chi connectivity index (χ0n) is 17.0. The number of phenolic OH excluding ortho intramolecular Hbond substituents is 2. The van der Waals surface area contributed by atoms with Crippen molar-refractivity contribution in [2.75, 3.05) is 6.61 Å². The second-order valence-electron chi connectivity index (χ2n) is 7.23. The molecule has 1 saturated heterocycles. The summed E-state index contributed by atoms with van der Waals surface area (Å²) < 4.78 is 24.4. The molecule has 1 fully saturated rings. The van der Waals surface area contributed by atoms with Crippen LogP contribution < -0.4 is 10.9 Å². The lowest BCUT2D eigenvalue weighted by molar-refractivity contribution is -0.163. The maximum atomic E-state index is 12.2. The van der Waals surface area contributed by atoms with Crippen molar-refractivity contribution in [2.45, 2.75) is 37.1 Å². The number of aliphatic carboxylic acids is 1. The summed E-state index contributed by atoms with van der Waals surface area (Å²) in [5, 5.41) is 27.7. The monoisotopic (exact) mass is 527 g/mol. The van der Waals surface area contributed by atoms with Crippen LogP contribution in [0.4, 0.5) is 4.79 Å². The number of nitrogens with one attached hydrogen (secondary N) is 2. The molecular formula is C17H19Cl2N3O10S. The number of hydrogen-bond donors (Lipinski definition) is 6. The summed E-state index contributed by atoms with van der Waals surface area (Å²) in [6, 6.07) is -1.37. The summed E-state index contributed by atoms with van der Waals surface area (Å²) in [5.74, 6) is -4.82. The van der Waals surface area contributed by atoms with E-state index in [0.717, 1.165) is 17.9 Å². The molecule has 1 aromatic carbocycles. The number of nitrogens with zero attached hydrogens (tertiary/aromatic N) is 1. The number of carboxylic acids is 1. The van der Waals surface area contributed by atoms with Crippen molar-refractivity contribution in [3.8, 4) is 11.5 Å². The van der Waals surface area contributed by atoms with Crippen LogP contribution in [-0.2, 0) is 25.4 Å². The number of rotatable bonds is 7. The fourth-order valence-corrected chi connectivity index (χ4v) is 4.07. The molecule has 182 valence electrons. The minimum atomic E-state index is -2.86. The minimum Gasteiger partial charge on any atom is -0.503 e. The van der Waals surface area contributed by atoms with E-state index in [1.807, 2.05) is 5.43 Å². The number of ether oxygens (including phenoxy) is 1. The number of hydrazine groups is 1. The molecule has 0 aliphatic carbocycles. The second-order valence-corrected chi connectivity index (χ2v) is 9.45. The van der Waals surface area contributed by atoms with E-state index in [1.54, 1.807) is 12.3 Å². The molecule has 6 N–H and O–H groups in total. The van der Waals surface area contributed by atoms with E-state index in [9.17, 15) is 43.3 Å². The van der Waals surface area contributed by atoms with E-state index in [-0.39, 0.29) is 6.42 Å². The smallest absolute Gasteiger partial charge is 0.426 e. The number of carbonyl (C=O) groups is 4. The number of benzene rings is 1. The first kappa shape index (κ1) is 26.4. The predicted octanol–water partition coefficient (Wildman–Crippen LogP) is 0.830. The fraction of sp³-hybridized carbons (Fsp3) is 0.412. The minimum absolute atomic E-state index is 0.0602. The summed E-state index contributed by atoms with van der Waals surface area (Å²) in [4.78, 5) is 48.7. The number of carbonyl (C=O) groups excluding carboxylic acids is 3. The van der Waals surface area contributed by atoms with Crippen molar-refractivity contribution in [3.63, 3.8) is 0 Å². The van der Waals surface area contributed by atoms with Gasteiger partial charge < -0.3 is 29.5 Å². The Kier molecular flexibility index (Phi) is 8.00. The Labute approximate surface area is 198 Å². The number of halogens is 2. The highest BCUT2D eigenvalue weighted by Gasteiger charge is 2.54. The van der Waals surface area contributed by atoms with Crippen molar-refractivity contribution >= 4 is 58.2 Å². The van der Waals surface area contributed by atoms with Crippen LogP contribution in [-0.4, -0.2) is 76.3 Å². The van der Waals surface area contributed by atoms with E-state index in [0.29, 0.717) is 0 Å². The van der Waals surface area contributed by atoms with Crippen LogP contribution in [0.5, 0.6) is 11.5 Å². The van der Waals surface area contributed by atoms with Crippen molar-refractivity contribution in [3.05, 3.63) is 21.7 Å². The molecule has 0 bridgehead atoms. The maximum Gasteiger partial charge on any atom is 0.426 e. The number of hydrogen-bond acceptors (Lipinski definition) is 8. The Bertz CT molecular complexity index is 1040. The van der Waals surface area contributed by atoms with E-state index >= 15 is 0 Å². The zero-order chi connectivity index (χ0) is 25.2. The number of amides is 3. The Morgan fingerprint density at radius 2 is 1.91 bits per heavy atom. The number of β-lactam (4-membered cyclic amide) rings is 1. The molecule has 1 aliphatic rings. The van der Waals surface area contributed by atoms with Gasteiger partial charge in [-0.1, -0.05) is 23.2 Å². The van der Waals surface area contributed by atoms with E-state index in [1.165, 1.54) is 0 Å². The lowest BCUT2D eigenvalue weighted by atomic mass is 9.92. The first-order chi connectivity index (χ1) is 15.2. The van der Waals surface area contributed by atoms with E-state index < -0.39 is 85.5 Å². The molecule has 1 aliphatic heterocycles. The van der Waals surface area contributed by atoms with Gasteiger partial charge in [-0.3, -0.25) is 15.0 Å². The lowest BCUT2D eigenvalue weighted by Gasteiger charge is -2.47. The third-order valence-corrected chi connectivity index (χ3v) is 6.71. The van der Waals surface area contributed by atoms with Crippen molar-refractivity contribution in [2.24, 2.45) is 0 Å². The largest absolute Gasteiger partial charge is 0.503 e. The molecule has 2 rings (SSSR count). The Morgan fingerprint density at radius 3 is 2.39 bits per heavy atom. The van der Waals surface area contributed by atoms with E-state index in [4.69, 9.17) is 27.9 Å². The third kappa shape index (κ3) is 5.24. The van der Waals surface area contributed by atoms with Crippen molar-refractivity contribution in [1.82, 2.24) is 15.8 Å². The van der Waals surface area contributed by atoms with Crippen LogP contribution in [0.15, 0.2) is 6.07 Å². The molecule has 4 atom stereocenters. The van der Waals surface area contributed by atoms with Crippen LogP contribution in [0, 0.1) is 0 Å². The lowest BCUT2D eigenvalue weighted by Crippen LogP contribution is -2.68. The highest BCUT2D eigenvalue weighted by Crippen LogP contribution is 2.41. The van der Waals surface area contributed by atoms with Crippen LogP contribution in [0.1, 0.15) is 30.6 Å². The standard InChI is InChI=1S/C17H19Cl2N3O10S/c1-6-3-9(23)22(6)13(15(27)28)17(2,33(30)31)5-32-16(29)21-20-14(26)7-4-8(18)11(24)12(25)10(7)19/h4,6,13,24-25H,3,5H2,1-2H3,(H,20,26)(H,21,29)(H,27,28)(H,30,31)/t6-,13+,17+/m1/s1. The molecule has 1 unspecified atom stereocenters. The molecular weight excluding hydrogens is 509 g/mol. The van der Waals surface area contributed by atoms with Crippen molar-refractivity contribution in [1.29, 1.82) is 0 Å². The number of aromatic hydroxyl groups is 2. The highest BCUT2D eigenvalue weighted by molar-refractivity contribution is 7.80. The number of likely N-dealkylation sites (tertiary alicyclic amines) is 1. The average Bonchev–Trinajstić information content (AvgIpc) is 2.74. The van der Waals surface area contributed by atoms with Crippen LogP contribution in [0.3, 0.4) is 0 Å². The molecule has 16 heteroatoms. The molecule has 0 spiro atoms. The highest BCUT2D eigenvalue weighted by atomic mass is 35.5. The molecule has 33 heavy (non-hydrogen) atoms. The molecule has 0 aromatic heterocycles. The molecule has 0 radical (unpaired) electrons. The quantitative estimate of drug-likeness (QED) is 0.127. The summed E-state index contributed by atoms with van der Waals surface area (Å²) in [6.07, 6.45) is -1.29. The Balaban J connectivity index is 2.08. The molecule has 13 nitrogen and oxygen atoms in total. The Morgan fingerprint density at radius 1 is 1.30 bits per heavy atom. The normalized spacial score (nSPS) is 19.0. The van der Waals surface area contributed by atoms with Gasteiger partial charge in [0, 0.05) is 12.5 Å². The summed E-state index contributed by atoms with van der Waals surface area (Å²) >= 11 is 8.55. The van der Waals surface area contributed by atoms with Gasteiger partial charge in [-0.05, 0) is 19.9 Å². The van der Waals surface area contributed by atoms with Gasteiger partial charge in [-0.25, -0.2) is 19.2 Å². The van der Waals surface area contributed by atoms with Gasteiger partial charge in [0.15, 0.2) is 28.6 Å². The van der Waals surface area contributed by atoms with Crippen molar-refractivity contribution < 1.29 is 48.0 Å². The van der Waals surface area contributed by atoms with Crippen LogP contribution in [0.2, 0.25) is 10.0 Å². The number of carboxylic acid groups (broad SMARTS) is 1. The van der Waals surface area contributed by atoms with Crippen LogP contribution in [0.25, 0.3) is 0 Å². The second kappa shape index (κ2) is 9.99. The predicted molar refractivity (Wildman–Crippen MR) is 113 cm³/mol. The summed E-state index contributed by atoms with van der Waals surface area (Å²) in [7, 11) is 0. The molecule has 3 amide bonds. The molecule has 1 aromatic rings. The average molecular weight is 528 g/mol. The SMILES string of the molecule is C[C@@H]1CC(=O)N1[C@@H](C(=O)O)[C@](C)(COC(=O)NNC(=O)c1cc(Cl)c(O)c(O)c1Cl)S(=O)O. The molecule has 1 heterocycles. The van der Waals surface area contributed by atoms with Gasteiger partial charge in [0.1, 0.15) is 11.4 Å². The van der Waals surface area contributed by atoms with Gasteiger partial charge in [0.05, 0.1) is 15.6 Å². The first-order valence-electron chi connectivity index (χ1n) is 9.00. The van der Waals surface area contributed by atoms with E-state index in [2.05, 4.69) is 0 Å².